The highest BCUT2D eigenvalue weighted by atomic mass is 16.1. The molecule has 2 aliphatic heterocycles. The molecule has 1 N–H and O–H groups in total. The molecule has 0 amide bonds. The van der Waals surface area contributed by atoms with Crippen molar-refractivity contribution in [3.05, 3.63) is 34.6 Å². The summed E-state index contributed by atoms with van der Waals surface area (Å²) in [5, 5.41) is 3.07. The van der Waals surface area contributed by atoms with E-state index in [1.807, 2.05) is 12.3 Å². The van der Waals surface area contributed by atoms with Crippen LogP contribution in [0.3, 0.4) is 0 Å². The fourth-order valence-corrected chi connectivity index (χ4v) is 2.24. The minimum atomic E-state index is -0.152. The number of fused-ring (bicyclic) bond motifs is 1. The Morgan fingerprint density at radius 3 is 3.06 bits per heavy atom. The van der Waals surface area contributed by atoms with Crippen LogP contribution in [0, 0.1) is 0 Å². The second-order valence-electron chi connectivity index (χ2n) is 3.99. The third-order valence-electron chi connectivity index (χ3n) is 2.98. The van der Waals surface area contributed by atoms with Gasteiger partial charge in [0.25, 0.3) is 0 Å². The van der Waals surface area contributed by atoms with Crippen LogP contribution in [0.25, 0.3) is 0 Å². The molecular weight excluding hydrogens is 204 g/mol. The van der Waals surface area contributed by atoms with E-state index in [9.17, 15) is 9.59 Å². The number of carbonyl (C=O) groups excluding carboxylic acids is 2. The van der Waals surface area contributed by atoms with E-state index in [0.29, 0.717) is 24.1 Å². The molecule has 4 heteroatoms. The van der Waals surface area contributed by atoms with E-state index < -0.39 is 0 Å². The van der Waals surface area contributed by atoms with E-state index in [0.717, 1.165) is 11.1 Å². The Balaban J connectivity index is 2.16. The van der Waals surface area contributed by atoms with E-state index in [1.165, 1.54) is 0 Å². The second kappa shape index (κ2) is 3.27. The van der Waals surface area contributed by atoms with E-state index >= 15 is 0 Å². The second-order valence-corrected chi connectivity index (χ2v) is 3.99. The molecule has 1 aliphatic carbocycles. The SMILES string of the molecule is O=C1CN=CC2=C1C(=O)C1=CCNC=C1C2. The molecule has 3 rings (SSSR count). The highest BCUT2D eigenvalue weighted by Gasteiger charge is 2.33. The van der Waals surface area contributed by atoms with Crippen molar-refractivity contribution >= 4 is 17.8 Å². The Labute approximate surface area is 92.4 Å². The number of nitrogens with zero attached hydrogens (tertiary/aromatic N) is 1. The molecule has 0 aromatic carbocycles. The van der Waals surface area contributed by atoms with Crippen molar-refractivity contribution < 1.29 is 9.59 Å². The van der Waals surface area contributed by atoms with E-state index in [1.54, 1.807) is 6.21 Å². The van der Waals surface area contributed by atoms with Gasteiger partial charge in [0.1, 0.15) is 6.54 Å². The van der Waals surface area contributed by atoms with Gasteiger partial charge in [-0.3, -0.25) is 14.6 Å². The van der Waals surface area contributed by atoms with Crippen molar-refractivity contribution in [3.8, 4) is 0 Å². The number of aliphatic imine (C=N–C) groups is 1. The van der Waals surface area contributed by atoms with Crippen LogP contribution >= 0.6 is 0 Å². The van der Waals surface area contributed by atoms with Gasteiger partial charge >= 0.3 is 0 Å². The van der Waals surface area contributed by atoms with Gasteiger partial charge < -0.3 is 5.32 Å². The first-order valence-corrected chi connectivity index (χ1v) is 5.21. The smallest absolute Gasteiger partial charge is 0.197 e. The Kier molecular flexibility index (Phi) is 1.89. The fourth-order valence-electron chi connectivity index (χ4n) is 2.24. The number of dihydropyridines is 2. The number of nitrogens with one attached hydrogen (secondary N) is 1. The maximum absolute atomic E-state index is 12.1. The highest BCUT2D eigenvalue weighted by molar-refractivity contribution is 6.32. The maximum Gasteiger partial charge on any atom is 0.197 e. The lowest BCUT2D eigenvalue weighted by Crippen LogP contribution is -2.30. The molecule has 0 saturated carbocycles. The fraction of sp³-hybridized carbons (Fsp3) is 0.250. The molecule has 0 unspecified atom stereocenters. The number of hydrogen-bond donors (Lipinski definition) is 1. The summed E-state index contributed by atoms with van der Waals surface area (Å²) in [4.78, 5) is 27.7. The van der Waals surface area contributed by atoms with Gasteiger partial charge in [0.05, 0.1) is 5.57 Å². The van der Waals surface area contributed by atoms with E-state index in [2.05, 4.69) is 10.3 Å². The van der Waals surface area contributed by atoms with Crippen molar-refractivity contribution in [1.82, 2.24) is 5.32 Å². The van der Waals surface area contributed by atoms with Gasteiger partial charge in [-0.1, -0.05) is 6.08 Å². The molecule has 0 bridgehead atoms. The topological polar surface area (TPSA) is 58.5 Å². The Morgan fingerprint density at radius 2 is 2.19 bits per heavy atom. The number of carbonyl (C=O) groups is 2. The minimum absolute atomic E-state index is 0.106. The molecule has 3 aliphatic rings. The summed E-state index contributed by atoms with van der Waals surface area (Å²) in [6.45, 7) is 0.755. The number of rotatable bonds is 0. The van der Waals surface area contributed by atoms with Gasteiger partial charge in [0.15, 0.2) is 11.6 Å². The first-order chi connectivity index (χ1) is 7.77. The first kappa shape index (κ1) is 9.27. The monoisotopic (exact) mass is 214 g/mol. The standard InChI is InChI=1S/C12H10N2O2/c15-10-6-14-5-8-3-7-4-13-2-1-9(7)12(16)11(8)10/h1,4-5,13H,2-3,6H2. The van der Waals surface area contributed by atoms with Gasteiger partial charge in [0, 0.05) is 31.0 Å². The van der Waals surface area contributed by atoms with Gasteiger partial charge in [-0.15, -0.1) is 0 Å². The van der Waals surface area contributed by atoms with Crippen molar-refractivity contribution in [2.24, 2.45) is 4.99 Å². The van der Waals surface area contributed by atoms with Crippen molar-refractivity contribution in [1.29, 1.82) is 0 Å². The predicted octanol–water partition coefficient (Wildman–Crippen LogP) is 0.323. The predicted molar refractivity (Wildman–Crippen MR) is 59.2 cm³/mol. The first-order valence-electron chi connectivity index (χ1n) is 5.21. The zero-order chi connectivity index (χ0) is 11.1. The summed E-state index contributed by atoms with van der Waals surface area (Å²) in [6, 6.07) is 0. The molecule has 0 fully saturated rings. The van der Waals surface area contributed by atoms with Crippen molar-refractivity contribution in [2.45, 2.75) is 6.42 Å². The lowest BCUT2D eigenvalue weighted by molar-refractivity contribution is -0.119. The van der Waals surface area contributed by atoms with Gasteiger partial charge in [-0.25, -0.2) is 0 Å². The largest absolute Gasteiger partial charge is 0.387 e. The average molecular weight is 214 g/mol. The molecule has 0 aromatic heterocycles. The van der Waals surface area contributed by atoms with Gasteiger partial charge in [-0.2, -0.15) is 0 Å². The van der Waals surface area contributed by atoms with Crippen LogP contribution in [-0.2, 0) is 9.59 Å². The van der Waals surface area contributed by atoms with Crippen molar-refractivity contribution in [3.63, 3.8) is 0 Å². The Hall–Kier alpha value is -1.97. The third kappa shape index (κ3) is 1.19. The van der Waals surface area contributed by atoms with Crippen molar-refractivity contribution in [2.75, 3.05) is 13.1 Å². The van der Waals surface area contributed by atoms with Crippen LogP contribution in [0.15, 0.2) is 39.6 Å². The number of hydrogen-bond acceptors (Lipinski definition) is 4. The molecule has 16 heavy (non-hydrogen) atoms. The summed E-state index contributed by atoms with van der Waals surface area (Å²) in [5.74, 6) is -0.286. The van der Waals surface area contributed by atoms with Gasteiger partial charge in [-0.05, 0) is 11.1 Å². The molecule has 4 nitrogen and oxygen atoms in total. The summed E-state index contributed by atoms with van der Waals surface area (Å²) in [6.07, 6.45) is 5.97. The summed E-state index contributed by atoms with van der Waals surface area (Å²) in [5.41, 5.74) is 2.74. The quantitative estimate of drug-likeness (QED) is 0.591. The highest BCUT2D eigenvalue weighted by Crippen LogP contribution is 2.32. The zero-order valence-corrected chi connectivity index (χ0v) is 8.62. The van der Waals surface area contributed by atoms with Crippen LogP contribution in [0.2, 0.25) is 0 Å². The molecule has 2 heterocycles. The maximum atomic E-state index is 12.1. The van der Waals surface area contributed by atoms with E-state index in [4.69, 9.17) is 0 Å². The van der Waals surface area contributed by atoms with Gasteiger partial charge in [0.2, 0.25) is 0 Å². The Bertz CT molecular complexity index is 521. The molecule has 0 aromatic rings. The zero-order valence-electron chi connectivity index (χ0n) is 8.62. The van der Waals surface area contributed by atoms with Crippen LogP contribution < -0.4 is 5.32 Å². The normalized spacial score (nSPS) is 23.2. The Morgan fingerprint density at radius 1 is 1.31 bits per heavy atom. The molecule has 0 saturated heterocycles. The molecule has 0 atom stereocenters. The molecular formula is C12H10N2O2. The summed E-state index contributed by atoms with van der Waals surface area (Å²) >= 11 is 0. The van der Waals surface area contributed by atoms with Crippen LogP contribution in [-0.4, -0.2) is 30.9 Å². The lowest BCUT2D eigenvalue weighted by Gasteiger charge is -2.25. The number of Topliss-reactive ketones (excluding diaryl/α,β-unsaturated/α-hetero) is 2. The van der Waals surface area contributed by atoms with Crippen LogP contribution in [0.1, 0.15) is 6.42 Å². The number of allylic oxidation sites excluding steroid dienone is 3. The van der Waals surface area contributed by atoms with Crippen LogP contribution in [0.4, 0.5) is 0 Å². The molecule has 0 spiro atoms. The summed E-state index contributed by atoms with van der Waals surface area (Å²) in [7, 11) is 0. The van der Waals surface area contributed by atoms with Crippen LogP contribution in [0.5, 0.6) is 0 Å². The number of ketones is 2. The minimum Gasteiger partial charge on any atom is -0.387 e. The third-order valence-corrected chi connectivity index (χ3v) is 2.98. The molecule has 80 valence electrons. The molecule has 0 radical (unpaired) electrons. The lowest BCUT2D eigenvalue weighted by atomic mass is 9.80. The average Bonchev–Trinajstić information content (AvgIpc) is 2.29. The van der Waals surface area contributed by atoms with E-state index in [-0.39, 0.29) is 18.1 Å². The summed E-state index contributed by atoms with van der Waals surface area (Å²) < 4.78 is 0.